The molecule has 86 valence electrons. The highest BCUT2D eigenvalue weighted by Gasteiger charge is 2.57. The van der Waals surface area contributed by atoms with Crippen molar-refractivity contribution in [3.8, 4) is 0 Å². The van der Waals surface area contributed by atoms with Crippen LogP contribution in [0.4, 0.5) is 0 Å². The first-order valence-electron chi connectivity index (χ1n) is 5.99. The molecule has 4 heteroatoms. The van der Waals surface area contributed by atoms with Crippen LogP contribution in [-0.4, -0.2) is 21.4 Å². The molecule has 2 aromatic heterocycles. The van der Waals surface area contributed by atoms with E-state index in [1.165, 1.54) is 19.3 Å². The Morgan fingerprint density at radius 3 is 2.94 bits per heavy atom. The molecule has 0 atom stereocenters. The van der Waals surface area contributed by atoms with Crippen LogP contribution in [0.2, 0.25) is 0 Å². The number of rotatable bonds is 2. The minimum atomic E-state index is 0.0133. The molecule has 5 rings (SSSR count). The zero-order valence-electron chi connectivity index (χ0n) is 9.36. The van der Waals surface area contributed by atoms with Crippen LogP contribution in [0.15, 0.2) is 24.5 Å². The summed E-state index contributed by atoms with van der Waals surface area (Å²) in [6.45, 7) is 0. The van der Waals surface area contributed by atoms with Gasteiger partial charge in [-0.25, -0.2) is 0 Å². The average molecular weight is 227 g/mol. The van der Waals surface area contributed by atoms with Crippen molar-refractivity contribution < 1.29 is 4.79 Å². The van der Waals surface area contributed by atoms with Crippen LogP contribution < -0.4 is 5.32 Å². The predicted octanol–water partition coefficient (Wildman–Crippen LogP) is 1.85. The minimum Gasteiger partial charge on any atom is -0.349 e. The molecule has 0 aliphatic heterocycles. The van der Waals surface area contributed by atoms with Gasteiger partial charge in [-0.1, -0.05) is 0 Å². The number of nitrogens with zero attached hydrogens (tertiary/aromatic N) is 1. The highest BCUT2D eigenvalue weighted by atomic mass is 16.2. The van der Waals surface area contributed by atoms with Crippen molar-refractivity contribution in [3.05, 3.63) is 30.2 Å². The second kappa shape index (κ2) is 2.88. The van der Waals surface area contributed by atoms with E-state index in [0.717, 1.165) is 16.8 Å². The minimum absolute atomic E-state index is 0.0133. The van der Waals surface area contributed by atoms with Crippen LogP contribution in [0.25, 0.3) is 10.9 Å². The number of carbonyl (C=O) groups excluding carboxylic acids is 1. The summed E-state index contributed by atoms with van der Waals surface area (Å²) >= 11 is 0. The largest absolute Gasteiger partial charge is 0.349 e. The maximum Gasteiger partial charge on any atom is 0.268 e. The zero-order valence-corrected chi connectivity index (χ0v) is 9.36. The Labute approximate surface area is 98.4 Å². The molecule has 0 unspecified atom stereocenters. The normalized spacial score (nSPS) is 29.5. The molecule has 2 bridgehead atoms. The Morgan fingerprint density at radius 1 is 1.47 bits per heavy atom. The third-order valence-electron chi connectivity index (χ3n) is 4.09. The summed E-state index contributed by atoms with van der Waals surface area (Å²) in [7, 11) is 0. The van der Waals surface area contributed by atoms with E-state index in [2.05, 4.69) is 15.3 Å². The van der Waals surface area contributed by atoms with E-state index >= 15 is 0 Å². The van der Waals surface area contributed by atoms with E-state index in [0.29, 0.717) is 5.69 Å². The van der Waals surface area contributed by atoms with E-state index in [1.807, 2.05) is 12.1 Å². The smallest absolute Gasteiger partial charge is 0.268 e. The number of pyridine rings is 1. The summed E-state index contributed by atoms with van der Waals surface area (Å²) in [4.78, 5) is 19.2. The molecule has 4 nitrogen and oxygen atoms in total. The zero-order chi connectivity index (χ0) is 11.5. The number of hydrogen-bond acceptors (Lipinski definition) is 2. The first-order valence-corrected chi connectivity index (χ1v) is 5.99. The van der Waals surface area contributed by atoms with Crippen LogP contribution in [0.3, 0.4) is 0 Å². The number of amides is 1. The van der Waals surface area contributed by atoms with Gasteiger partial charge in [0.2, 0.25) is 0 Å². The van der Waals surface area contributed by atoms with Gasteiger partial charge in [0.1, 0.15) is 5.69 Å². The monoisotopic (exact) mass is 227 g/mol. The maximum absolute atomic E-state index is 12.1. The van der Waals surface area contributed by atoms with Crippen LogP contribution >= 0.6 is 0 Å². The van der Waals surface area contributed by atoms with Gasteiger partial charge in [0.05, 0.1) is 11.7 Å². The van der Waals surface area contributed by atoms with Crippen LogP contribution in [-0.2, 0) is 0 Å². The fourth-order valence-electron chi connectivity index (χ4n) is 3.03. The third-order valence-corrected chi connectivity index (χ3v) is 4.09. The van der Waals surface area contributed by atoms with Gasteiger partial charge in [-0.15, -0.1) is 0 Å². The topological polar surface area (TPSA) is 57.8 Å². The summed E-state index contributed by atoms with van der Waals surface area (Å²) in [5.41, 5.74) is 1.69. The number of carbonyl (C=O) groups is 1. The predicted molar refractivity (Wildman–Crippen MR) is 63.6 cm³/mol. The quantitative estimate of drug-likeness (QED) is 0.822. The Hall–Kier alpha value is -1.84. The molecule has 0 saturated heterocycles. The number of aromatic nitrogens is 2. The van der Waals surface area contributed by atoms with Crippen molar-refractivity contribution in [2.24, 2.45) is 5.92 Å². The molecular weight excluding hydrogens is 214 g/mol. The summed E-state index contributed by atoms with van der Waals surface area (Å²) in [5.74, 6) is 0.890. The first kappa shape index (κ1) is 9.22. The van der Waals surface area contributed by atoms with Crippen molar-refractivity contribution in [1.82, 2.24) is 15.3 Å². The van der Waals surface area contributed by atoms with Crippen molar-refractivity contribution in [2.45, 2.75) is 24.8 Å². The summed E-state index contributed by atoms with van der Waals surface area (Å²) in [5, 5.41) is 4.18. The lowest BCUT2D eigenvalue weighted by Crippen LogP contribution is -2.68. The second-order valence-electron chi connectivity index (χ2n) is 5.36. The fourth-order valence-corrected chi connectivity index (χ4v) is 3.03. The van der Waals surface area contributed by atoms with Gasteiger partial charge in [0.25, 0.3) is 5.91 Å². The molecule has 1 amide bonds. The molecule has 3 aliphatic carbocycles. The standard InChI is InChI=1S/C13H13N3O/c17-12(16-13-4-8(5-13)6-13)10-3-9-1-2-14-7-11(9)15-10/h1-3,7-8,15H,4-6H2,(H,16,17). The molecule has 17 heavy (non-hydrogen) atoms. The molecule has 2 heterocycles. The third kappa shape index (κ3) is 1.24. The lowest BCUT2D eigenvalue weighted by Gasteiger charge is -2.61. The molecule has 0 spiro atoms. The average Bonchev–Trinajstić information content (AvgIpc) is 2.64. The lowest BCUT2D eigenvalue weighted by molar-refractivity contribution is -0.0439. The SMILES string of the molecule is O=C(NC12CC(C1)C2)c1cc2ccncc2[nH]1. The van der Waals surface area contributed by atoms with E-state index < -0.39 is 0 Å². The van der Waals surface area contributed by atoms with Gasteiger partial charge in [-0.2, -0.15) is 0 Å². The van der Waals surface area contributed by atoms with E-state index in [-0.39, 0.29) is 11.4 Å². The molecule has 0 aromatic carbocycles. The van der Waals surface area contributed by atoms with E-state index in [1.54, 1.807) is 12.4 Å². The molecule has 2 aromatic rings. The molecule has 3 aliphatic rings. The molecule has 2 N–H and O–H groups in total. The van der Waals surface area contributed by atoms with Gasteiger partial charge in [0, 0.05) is 17.1 Å². The first-order chi connectivity index (χ1) is 8.24. The Morgan fingerprint density at radius 2 is 2.29 bits per heavy atom. The van der Waals surface area contributed by atoms with Gasteiger partial charge in [0.15, 0.2) is 0 Å². The fraction of sp³-hybridized carbons (Fsp3) is 0.385. The van der Waals surface area contributed by atoms with Gasteiger partial charge in [-0.05, 0) is 37.3 Å². The van der Waals surface area contributed by atoms with Gasteiger partial charge in [-0.3, -0.25) is 9.78 Å². The number of hydrogen-bond donors (Lipinski definition) is 2. The van der Waals surface area contributed by atoms with Gasteiger partial charge >= 0.3 is 0 Å². The van der Waals surface area contributed by atoms with E-state index in [4.69, 9.17) is 0 Å². The summed E-state index contributed by atoms with van der Waals surface area (Å²) in [6, 6.07) is 3.79. The van der Waals surface area contributed by atoms with E-state index in [9.17, 15) is 4.79 Å². The highest BCUT2D eigenvalue weighted by Crippen LogP contribution is 2.56. The highest BCUT2D eigenvalue weighted by molar-refractivity contribution is 5.98. The lowest BCUT2D eigenvalue weighted by atomic mass is 9.50. The molecule has 0 radical (unpaired) electrons. The molecule has 3 saturated carbocycles. The van der Waals surface area contributed by atoms with Crippen molar-refractivity contribution >= 4 is 16.8 Å². The van der Waals surface area contributed by atoms with Crippen LogP contribution in [0.1, 0.15) is 29.8 Å². The van der Waals surface area contributed by atoms with Crippen molar-refractivity contribution in [1.29, 1.82) is 0 Å². The van der Waals surface area contributed by atoms with Crippen LogP contribution in [0, 0.1) is 5.92 Å². The van der Waals surface area contributed by atoms with Crippen molar-refractivity contribution in [3.63, 3.8) is 0 Å². The summed E-state index contributed by atoms with van der Waals surface area (Å²) < 4.78 is 0. The maximum atomic E-state index is 12.1. The molecular formula is C13H13N3O. The number of aromatic amines is 1. The second-order valence-corrected chi connectivity index (χ2v) is 5.36. The van der Waals surface area contributed by atoms with Gasteiger partial charge < -0.3 is 10.3 Å². The number of H-pyrrole nitrogens is 1. The summed E-state index contributed by atoms with van der Waals surface area (Å²) in [6.07, 6.45) is 6.98. The number of fused-ring (bicyclic) bond motifs is 1. The van der Waals surface area contributed by atoms with Crippen LogP contribution in [0.5, 0.6) is 0 Å². The Kier molecular flexibility index (Phi) is 1.56. The van der Waals surface area contributed by atoms with Crippen molar-refractivity contribution in [2.75, 3.05) is 0 Å². The Bertz CT molecular complexity index is 566. The number of nitrogens with one attached hydrogen (secondary N) is 2. The Balaban J connectivity index is 1.62. The molecule has 3 fully saturated rings.